The number of phenolic OH excluding ortho intramolecular Hbond substituents is 2. The minimum Gasteiger partial charge on any atom is -0.506 e. The van der Waals surface area contributed by atoms with Crippen LogP contribution in [-0.4, -0.2) is 62.0 Å². The van der Waals surface area contributed by atoms with Crippen molar-refractivity contribution in [3.63, 3.8) is 0 Å². The van der Waals surface area contributed by atoms with Crippen LogP contribution in [0.5, 0.6) is 11.5 Å². The Balaban J connectivity index is 2.27. The van der Waals surface area contributed by atoms with E-state index in [0.717, 1.165) is 42.5 Å². The van der Waals surface area contributed by atoms with Crippen molar-refractivity contribution in [3.8, 4) is 11.5 Å². The van der Waals surface area contributed by atoms with E-state index >= 15 is 0 Å². The molecule has 0 aromatic heterocycles. The van der Waals surface area contributed by atoms with Crippen molar-refractivity contribution in [2.45, 2.75) is 14.7 Å². The molecular weight excluding hydrogens is 516 g/mol. The van der Waals surface area contributed by atoms with E-state index in [2.05, 4.69) is 10.2 Å². The molecule has 182 valence electrons. The van der Waals surface area contributed by atoms with Crippen LogP contribution in [0.1, 0.15) is 0 Å². The van der Waals surface area contributed by atoms with E-state index in [4.69, 9.17) is 5.11 Å². The van der Waals surface area contributed by atoms with Crippen molar-refractivity contribution in [1.29, 1.82) is 0 Å². The molecule has 13 nitrogen and oxygen atoms in total. The quantitative estimate of drug-likeness (QED) is 0.218. The largest absolute Gasteiger partial charge is 0.506 e. The fourth-order valence-corrected chi connectivity index (χ4v) is 5.08. The molecule has 16 heteroatoms. The number of azo groups is 1. The minimum absolute atomic E-state index is 0.0652. The molecule has 0 radical (unpaired) electrons. The first kappa shape index (κ1) is 25.5. The summed E-state index contributed by atoms with van der Waals surface area (Å²) in [4.78, 5) is -1.98. The van der Waals surface area contributed by atoms with E-state index in [9.17, 15) is 44.6 Å². The third-order valence-electron chi connectivity index (χ3n) is 4.52. The lowest BCUT2D eigenvalue weighted by Gasteiger charge is -2.10. The van der Waals surface area contributed by atoms with E-state index in [1.54, 1.807) is 0 Å². The third kappa shape index (κ3) is 5.16. The van der Waals surface area contributed by atoms with Crippen LogP contribution in [0.4, 0.5) is 11.4 Å². The highest BCUT2D eigenvalue weighted by Crippen LogP contribution is 2.42. The lowest BCUT2D eigenvalue weighted by atomic mass is 10.1. The lowest BCUT2D eigenvalue weighted by Crippen LogP contribution is -2.09. The van der Waals surface area contributed by atoms with E-state index in [1.807, 2.05) is 0 Å². The number of fused-ring (bicyclic) bond motifs is 1. The first-order valence-electron chi connectivity index (χ1n) is 8.98. The Morgan fingerprint density at radius 1 is 0.765 bits per heavy atom. The first-order valence-corrected chi connectivity index (χ1v) is 13.5. The molecule has 0 aliphatic rings. The maximum Gasteiger partial charge on any atom is 0.298 e. The Morgan fingerprint density at radius 3 is 2.00 bits per heavy atom. The SMILES string of the molecule is O=S(=O)(O)c1ccc2c(/N=N/c3cc(S(=O)(=O)CCO)ccc3O)c(O)c(S(=O)(=O)O)cc2c1. The monoisotopic (exact) mass is 532 g/mol. The number of benzene rings is 3. The van der Waals surface area contributed by atoms with E-state index in [0.29, 0.717) is 0 Å². The summed E-state index contributed by atoms with van der Waals surface area (Å²) in [5, 5.41) is 36.4. The Kier molecular flexibility index (Phi) is 6.66. The van der Waals surface area contributed by atoms with E-state index in [-0.39, 0.29) is 15.7 Å². The topological polar surface area (TPSA) is 228 Å². The number of nitrogens with zero attached hydrogens (tertiary/aromatic N) is 2. The van der Waals surface area contributed by atoms with Gasteiger partial charge < -0.3 is 15.3 Å². The van der Waals surface area contributed by atoms with Gasteiger partial charge in [-0.15, -0.1) is 10.2 Å². The maximum atomic E-state index is 12.1. The molecule has 0 aliphatic heterocycles. The second-order valence-corrected chi connectivity index (χ2v) is 11.7. The van der Waals surface area contributed by atoms with Crippen molar-refractivity contribution in [3.05, 3.63) is 42.5 Å². The minimum atomic E-state index is -5.04. The molecule has 0 unspecified atom stereocenters. The number of aromatic hydroxyl groups is 2. The van der Waals surface area contributed by atoms with Crippen LogP contribution in [0.25, 0.3) is 10.8 Å². The van der Waals surface area contributed by atoms with E-state index < -0.39 is 75.1 Å². The fraction of sp³-hybridized carbons (Fsp3) is 0.111. The van der Waals surface area contributed by atoms with Gasteiger partial charge in [-0.1, -0.05) is 6.07 Å². The Hall–Kier alpha value is -3.15. The number of phenols is 2. The normalized spacial score (nSPS) is 13.0. The molecule has 0 fully saturated rings. The van der Waals surface area contributed by atoms with Gasteiger partial charge in [0.1, 0.15) is 22.0 Å². The van der Waals surface area contributed by atoms with Gasteiger partial charge in [0.15, 0.2) is 15.6 Å². The van der Waals surface area contributed by atoms with Crippen molar-refractivity contribution in [2.24, 2.45) is 10.2 Å². The fourth-order valence-electron chi connectivity index (χ4n) is 2.91. The van der Waals surface area contributed by atoms with Gasteiger partial charge in [0.2, 0.25) is 0 Å². The van der Waals surface area contributed by atoms with Crippen molar-refractivity contribution in [2.75, 3.05) is 12.4 Å². The maximum absolute atomic E-state index is 12.1. The molecule has 3 aromatic rings. The zero-order chi connectivity index (χ0) is 25.5. The number of sulfone groups is 1. The zero-order valence-corrected chi connectivity index (χ0v) is 19.2. The molecule has 0 bridgehead atoms. The summed E-state index contributed by atoms with van der Waals surface area (Å²) in [7, 11) is -13.6. The van der Waals surface area contributed by atoms with Crippen LogP contribution in [0.2, 0.25) is 0 Å². The van der Waals surface area contributed by atoms with Gasteiger partial charge in [0.25, 0.3) is 20.2 Å². The number of hydrogen-bond acceptors (Lipinski definition) is 11. The molecule has 0 spiro atoms. The number of rotatable bonds is 7. The molecule has 5 N–H and O–H groups in total. The summed E-state index contributed by atoms with van der Waals surface area (Å²) in [6.45, 7) is -0.659. The summed E-state index contributed by atoms with van der Waals surface area (Å²) in [6, 6.07) is 6.58. The van der Waals surface area contributed by atoms with Gasteiger partial charge in [-0.25, -0.2) is 8.42 Å². The highest BCUT2D eigenvalue weighted by Gasteiger charge is 2.23. The zero-order valence-electron chi connectivity index (χ0n) is 16.8. The summed E-state index contributed by atoms with van der Waals surface area (Å²) >= 11 is 0. The second-order valence-electron chi connectivity index (χ2n) is 6.80. The summed E-state index contributed by atoms with van der Waals surface area (Å²) in [5.74, 6) is -2.20. The van der Waals surface area contributed by atoms with Crippen molar-refractivity contribution < 1.29 is 49.7 Å². The Morgan fingerprint density at radius 2 is 1.41 bits per heavy atom. The van der Waals surface area contributed by atoms with Gasteiger partial charge in [-0.3, -0.25) is 9.11 Å². The van der Waals surface area contributed by atoms with Crippen LogP contribution in [-0.2, 0) is 30.1 Å². The van der Waals surface area contributed by atoms with Crippen LogP contribution in [0, 0.1) is 0 Å². The van der Waals surface area contributed by atoms with Gasteiger partial charge in [0, 0.05) is 5.39 Å². The highest BCUT2D eigenvalue weighted by molar-refractivity contribution is 7.91. The van der Waals surface area contributed by atoms with Crippen LogP contribution in [0.15, 0.2) is 67.4 Å². The third-order valence-corrected chi connectivity index (χ3v) is 7.93. The second kappa shape index (κ2) is 8.90. The number of aliphatic hydroxyl groups is 1. The number of hydrogen-bond donors (Lipinski definition) is 5. The van der Waals surface area contributed by atoms with Gasteiger partial charge >= 0.3 is 0 Å². The lowest BCUT2D eigenvalue weighted by molar-refractivity contribution is 0.319. The molecule has 0 saturated heterocycles. The highest BCUT2D eigenvalue weighted by atomic mass is 32.2. The summed E-state index contributed by atoms with van der Waals surface area (Å²) in [5.41, 5.74) is -0.978. The molecule has 0 saturated carbocycles. The first-order chi connectivity index (χ1) is 15.6. The summed E-state index contributed by atoms with van der Waals surface area (Å²) in [6.07, 6.45) is 0. The van der Waals surface area contributed by atoms with Crippen LogP contribution >= 0.6 is 0 Å². The molecule has 3 rings (SSSR count). The Labute approximate surface area is 193 Å². The molecule has 0 heterocycles. The molecule has 0 amide bonds. The predicted octanol–water partition coefficient (Wildman–Crippen LogP) is 1.93. The van der Waals surface area contributed by atoms with Gasteiger partial charge in [-0.2, -0.15) is 16.8 Å². The van der Waals surface area contributed by atoms with Crippen molar-refractivity contribution in [1.82, 2.24) is 0 Å². The molecular formula is C18H16N2O11S3. The average molecular weight is 533 g/mol. The molecule has 0 atom stereocenters. The van der Waals surface area contributed by atoms with Crippen LogP contribution < -0.4 is 0 Å². The molecule has 0 aliphatic carbocycles. The van der Waals surface area contributed by atoms with Crippen molar-refractivity contribution >= 4 is 52.2 Å². The van der Waals surface area contributed by atoms with E-state index in [1.165, 1.54) is 0 Å². The average Bonchev–Trinajstić information content (AvgIpc) is 2.71. The standard InChI is InChI=1S/C18H16N2O11S3/c21-5-6-32(24,25)11-2-4-15(22)14(9-11)19-20-17-13-3-1-12(33(26,27)28)7-10(13)8-16(18(17)23)34(29,30)31/h1-4,7-9,21-23H,5-6H2,(H,26,27,28)(H,29,30,31)/b20-19+. The molecule has 34 heavy (non-hydrogen) atoms. The number of aliphatic hydroxyl groups excluding tert-OH is 1. The van der Waals surface area contributed by atoms with Crippen LogP contribution in [0.3, 0.4) is 0 Å². The van der Waals surface area contributed by atoms with Gasteiger partial charge in [-0.05, 0) is 41.8 Å². The molecule has 3 aromatic carbocycles. The predicted molar refractivity (Wildman–Crippen MR) is 117 cm³/mol. The Bertz CT molecular complexity index is 1650. The van der Waals surface area contributed by atoms with Gasteiger partial charge in [0.05, 0.1) is 22.2 Å². The summed E-state index contributed by atoms with van der Waals surface area (Å²) < 4.78 is 89.2. The smallest absolute Gasteiger partial charge is 0.298 e.